The summed E-state index contributed by atoms with van der Waals surface area (Å²) in [6.45, 7) is 9.93. The van der Waals surface area contributed by atoms with Crippen LogP contribution in [0, 0.1) is 5.92 Å². The Hall–Kier alpha value is -2.17. The molecule has 4 heteroatoms. The van der Waals surface area contributed by atoms with Crippen LogP contribution >= 0.6 is 0 Å². The fourth-order valence-electron chi connectivity index (χ4n) is 3.94. The number of nitrogens with zero attached hydrogens (tertiary/aromatic N) is 3. The molecule has 1 atom stereocenters. The van der Waals surface area contributed by atoms with Gasteiger partial charge in [0, 0.05) is 32.7 Å². The third-order valence-electron chi connectivity index (χ3n) is 5.15. The molecule has 1 aliphatic rings. The molecule has 2 aromatic carbocycles. The first-order valence-corrected chi connectivity index (χ1v) is 9.64. The fourth-order valence-corrected chi connectivity index (χ4v) is 3.94. The van der Waals surface area contributed by atoms with Crippen LogP contribution in [0.1, 0.15) is 31.3 Å². The molecule has 3 aromatic rings. The topological polar surface area (TPSA) is 35.2 Å². The van der Waals surface area contributed by atoms with Gasteiger partial charge in [-0.1, -0.05) is 56.3 Å². The van der Waals surface area contributed by atoms with Crippen LogP contribution in [0.3, 0.4) is 0 Å². The average Bonchev–Trinajstić information content (AvgIpc) is 3.07. The molecule has 0 amide bonds. The smallest absolute Gasteiger partial charge is 0.125 e. The number of rotatable bonds is 5. The first-order chi connectivity index (χ1) is 12.7. The number of fused-ring (bicyclic) bond motifs is 1. The Morgan fingerprint density at radius 2 is 1.81 bits per heavy atom. The molecule has 4 nitrogen and oxygen atoms in total. The van der Waals surface area contributed by atoms with Gasteiger partial charge in [0.25, 0.3) is 0 Å². The Kier molecular flexibility index (Phi) is 5.05. The van der Waals surface area contributed by atoms with Crippen molar-refractivity contribution in [1.29, 1.82) is 0 Å². The van der Waals surface area contributed by atoms with Gasteiger partial charge >= 0.3 is 0 Å². The predicted molar refractivity (Wildman–Crippen MR) is 107 cm³/mol. The van der Waals surface area contributed by atoms with E-state index in [1.807, 2.05) is 0 Å². The van der Waals surface area contributed by atoms with Crippen molar-refractivity contribution in [1.82, 2.24) is 19.8 Å². The summed E-state index contributed by atoms with van der Waals surface area (Å²) in [6, 6.07) is 19.4. The van der Waals surface area contributed by atoms with Crippen molar-refractivity contribution in [2.24, 2.45) is 5.92 Å². The Morgan fingerprint density at radius 3 is 2.58 bits per heavy atom. The highest BCUT2D eigenvalue weighted by atomic mass is 15.3. The summed E-state index contributed by atoms with van der Waals surface area (Å²) in [5.41, 5.74) is 3.58. The lowest BCUT2D eigenvalue weighted by atomic mass is 10.1. The summed E-state index contributed by atoms with van der Waals surface area (Å²) in [7, 11) is 0. The van der Waals surface area contributed by atoms with E-state index < -0.39 is 0 Å². The van der Waals surface area contributed by atoms with Crippen LogP contribution in [-0.4, -0.2) is 45.9 Å². The van der Waals surface area contributed by atoms with Crippen molar-refractivity contribution < 1.29 is 0 Å². The number of piperazine rings is 1. The van der Waals surface area contributed by atoms with Crippen molar-refractivity contribution in [3.63, 3.8) is 0 Å². The largest absolute Gasteiger partial charge is 0.341 e. The van der Waals surface area contributed by atoms with Gasteiger partial charge in [-0.05, 0) is 23.6 Å². The van der Waals surface area contributed by atoms with Crippen LogP contribution < -0.4 is 0 Å². The van der Waals surface area contributed by atoms with E-state index >= 15 is 0 Å². The molecular weight excluding hydrogens is 320 g/mol. The fraction of sp³-hybridized carbons (Fsp3) is 0.409. The second-order valence-corrected chi connectivity index (χ2v) is 7.76. The minimum atomic E-state index is 0.322. The van der Waals surface area contributed by atoms with E-state index in [9.17, 15) is 0 Å². The maximum Gasteiger partial charge on any atom is 0.125 e. The summed E-state index contributed by atoms with van der Waals surface area (Å²) >= 11 is 0. The predicted octanol–water partition coefficient (Wildman–Crippen LogP) is 4.08. The highest BCUT2D eigenvalue weighted by Crippen LogP contribution is 2.27. The molecule has 26 heavy (non-hydrogen) atoms. The molecule has 0 spiro atoms. The van der Waals surface area contributed by atoms with E-state index in [4.69, 9.17) is 4.98 Å². The summed E-state index contributed by atoms with van der Waals surface area (Å²) in [4.78, 5) is 13.6. The van der Waals surface area contributed by atoms with Gasteiger partial charge in [0.05, 0.1) is 17.1 Å². The third kappa shape index (κ3) is 3.81. The van der Waals surface area contributed by atoms with E-state index in [2.05, 4.69) is 83.2 Å². The molecule has 1 fully saturated rings. The lowest BCUT2D eigenvalue weighted by Gasteiger charge is -2.41. The van der Waals surface area contributed by atoms with Gasteiger partial charge in [0.15, 0.2) is 0 Å². The molecule has 1 unspecified atom stereocenters. The summed E-state index contributed by atoms with van der Waals surface area (Å²) in [6.07, 6.45) is 0. The van der Waals surface area contributed by atoms with Crippen LogP contribution in [0.2, 0.25) is 0 Å². The number of hydrogen-bond acceptors (Lipinski definition) is 3. The van der Waals surface area contributed by atoms with Crippen LogP contribution in [-0.2, 0) is 6.54 Å². The second kappa shape index (κ2) is 7.60. The van der Waals surface area contributed by atoms with Crippen molar-refractivity contribution in [2.45, 2.75) is 26.4 Å². The van der Waals surface area contributed by atoms with E-state index in [1.54, 1.807) is 0 Å². The number of para-hydroxylation sites is 2. The van der Waals surface area contributed by atoms with E-state index in [0.29, 0.717) is 12.0 Å². The maximum absolute atomic E-state index is 4.91. The number of benzene rings is 2. The van der Waals surface area contributed by atoms with Gasteiger partial charge < -0.3 is 4.98 Å². The zero-order valence-electron chi connectivity index (χ0n) is 15.7. The maximum atomic E-state index is 4.91. The summed E-state index contributed by atoms with van der Waals surface area (Å²) in [5, 5.41) is 0. The number of imidazole rings is 1. The Balaban J connectivity index is 1.57. The summed E-state index contributed by atoms with van der Waals surface area (Å²) < 4.78 is 0. The van der Waals surface area contributed by atoms with Gasteiger partial charge in [0.2, 0.25) is 0 Å². The van der Waals surface area contributed by atoms with E-state index in [1.165, 1.54) is 5.56 Å². The van der Waals surface area contributed by atoms with Gasteiger partial charge in [-0.2, -0.15) is 0 Å². The van der Waals surface area contributed by atoms with Crippen LogP contribution in [0.25, 0.3) is 11.0 Å². The normalized spacial score (nSPS) is 19.4. The Bertz CT molecular complexity index is 806. The average molecular weight is 348 g/mol. The minimum absolute atomic E-state index is 0.322. The number of aromatic nitrogens is 2. The van der Waals surface area contributed by atoms with Crippen molar-refractivity contribution in [3.05, 3.63) is 66.0 Å². The quantitative estimate of drug-likeness (QED) is 0.755. The van der Waals surface area contributed by atoms with Crippen LogP contribution in [0.5, 0.6) is 0 Å². The van der Waals surface area contributed by atoms with E-state index in [-0.39, 0.29) is 0 Å². The van der Waals surface area contributed by atoms with Crippen molar-refractivity contribution >= 4 is 11.0 Å². The molecule has 0 saturated carbocycles. The molecule has 2 heterocycles. The SMILES string of the molecule is CC(C)CN1CCN(Cc2ccccc2)CC1c1nc2ccccc2[nH]1. The minimum Gasteiger partial charge on any atom is -0.341 e. The zero-order chi connectivity index (χ0) is 17.9. The molecule has 1 aromatic heterocycles. The Labute approximate surface area is 155 Å². The lowest BCUT2D eigenvalue weighted by molar-refractivity contribution is 0.0570. The first-order valence-electron chi connectivity index (χ1n) is 9.64. The molecule has 0 aliphatic carbocycles. The van der Waals surface area contributed by atoms with Gasteiger partial charge in [0.1, 0.15) is 5.82 Å². The standard InChI is InChI=1S/C22H28N4/c1-17(2)14-26-13-12-25(15-18-8-4-3-5-9-18)16-21(26)22-23-19-10-6-7-11-20(19)24-22/h3-11,17,21H,12-16H2,1-2H3,(H,23,24). The highest BCUT2D eigenvalue weighted by Gasteiger charge is 2.30. The van der Waals surface area contributed by atoms with Gasteiger partial charge in [-0.25, -0.2) is 4.98 Å². The lowest BCUT2D eigenvalue weighted by Crippen LogP contribution is -2.49. The molecule has 136 valence electrons. The summed E-state index contributed by atoms with van der Waals surface area (Å²) in [5.74, 6) is 1.76. The molecule has 4 rings (SSSR count). The first kappa shape index (κ1) is 17.3. The van der Waals surface area contributed by atoms with Gasteiger partial charge in [-0.3, -0.25) is 9.80 Å². The van der Waals surface area contributed by atoms with E-state index in [0.717, 1.165) is 49.6 Å². The zero-order valence-corrected chi connectivity index (χ0v) is 15.7. The molecule has 1 aliphatic heterocycles. The van der Waals surface area contributed by atoms with Crippen LogP contribution in [0.15, 0.2) is 54.6 Å². The van der Waals surface area contributed by atoms with Crippen molar-refractivity contribution in [3.8, 4) is 0 Å². The second-order valence-electron chi connectivity index (χ2n) is 7.76. The molecule has 1 N–H and O–H groups in total. The third-order valence-corrected chi connectivity index (χ3v) is 5.15. The molecule has 0 bridgehead atoms. The van der Waals surface area contributed by atoms with Gasteiger partial charge in [-0.15, -0.1) is 0 Å². The number of aromatic amines is 1. The van der Waals surface area contributed by atoms with Crippen LogP contribution in [0.4, 0.5) is 0 Å². The molecule has 1 saturated heterocycles. The number of nitrogens with one attached hydrogen (secondary N) is 1. The van der Waals surface area contributed by atoms with Crippen molar-refractivity contribution in [2.75, 3.05) is 26.2 Å². The highest BCUT2D eigenvalue weighted by molar-refractivity contribution is 5.74. The Morgan fingerprint density at radius 1 is 1.04 bits per heavy atom. The molecule has 0 radical (unpaired) electrons. The molecular formula is C22H28N4. The monoisotopic (exact) mass is 348 g/mol. The number of hydrogen-bond donors (Lipinski definition) is 1. The number of H-pyrrole nitrogens is 1.